The molecule has 208 valence electrons. The Morgan fingerprint density at radius 1 is 0.622 bits per heavy atom. The molecule has 2 unspecified atom stereocenters. The molecule has 2 aromatic heterocycles. The number of nitrogens with zero attached hydrogens (tertiary/aromatic N) is 4. The minimum absolute atomic E-state index is 0.00988. The maximum atomic E-state index is 14.4. The van der Waals surface area contributed by atoms with E-state index in [1.807, 2.05) is 84.9 Å². The van der Waals surface area contributed by atoms with Crippen LogP contribution in [0, 0.1) is 22.7 Å². The number of fused-ring (bicyclic) bond motifs is 6. The predicted molar refractivity (Wildman–Crippen MR) is 177 cm³/mol. The zero-order chi connectivity index (χ0) is 30.2. The number of benzene rings is 6. The molecular weight excluding hydrogens is 552 g/mol. The lowest BCUT2D eigenvalue weighted by Crippen LogP contribution is -2.28. The van der Waals surface area contributed by atoms with Gasteiger partial charge in [-0.2, -0.15) is 10.5 Å². The van der Waals surface area contributed by atoms with Crippen LogP contribution in [0.1, 0.15) is 45.2 Å². The van der Waals surface area contributed by atoms with Gasteiger partial charge in [0.05, 0.1) is 34.3 Å². The third-order valence-electron chi connectivity index (χ3n) is 9.46. The van der Waals surface area contributed by atoms with Crippen molar-refractivity contribution in [2.24, 2.45) is 0 Å². The van der Waals surface area contributed by atoms with Crippen LogP contribution < -0.4 is 5.56 Å². The molecule has 0 fully saturated rings. The fourth-order valence-corrected chi connectivity index (χ4v) is 7.59. The standard InChI is InChI=1S/C40H22N4O/c41-21-26-16-17-30-36-29(19-18-28(32(26)36)23-10-4-1-5-11-23)39-43-38-31(44(39)40(30)45)20-27(22-42)35-33(24-12-6-2-7-13-24)34(37(35)38)25-14-8-3-9-15-25/h1-20,33-34H. The molecule has 1 aliphatic carbocycles. The van der Waals surface area contributed by atoms with Crippen molar-refractivity contribution >= 4 is 38.2 Å². The highest BCUT2D eigenvalue weighted by atomic mass is 16.1. The van der Waals surface area contributed by atoms with Gasteiger partial charge in [-0.1, -0.05) is 97.1 Å². The molecule has 2 atom stereocenters. The van der Waals surface area contributed by atoms with Crippen molar-refractivity contribution in [3.63, 3.8) is 0 Å². The average molecular weight is 575 g/mol. The molecule has 0 spiro atoms. The quantitative estimate of drug-likeness (QED) is 0.213. The maximum Gasteiger partial charge on any atom is 0.264 e. The monoisotopic (exact) mass is 574 g/mol. The summed E-state index contributed by atoms with van der Waals surface area (Å²) in [6.45, 7) is 0. The van der Waals surface area contributed by atoms with Gasteiger partial charge in [-0.3, -0.25) is 9.20 Å². The van der Waals surface area contributed by atoms with Crippen LogP contribution in [-0.4, -0.2) is 9.38 Å². The molecular formula is C40H22N4O. The largest absolute Gasteiger partial charge is 0.268 e. The van der Waals surface area contributed by atoms with E-state index in [9.17, 15) is 15.3 Å². The van der Waals surface area contributed by atoms with Crippen LogP contribution in [-0.2, 0) is 0 Å². The number of nitriles is 2. The Kier molecular flexibility index (Phi) is 5.24. The van der Waals surface area contributed by atoms with Gasteiger partial charge in [0.15, 0.2) is 0 Å². The van der Waals surface area contributed by atoms with Crippen LogP contribution in [0.25, 0.3) is 49.4 Å². The van der Waals surface area contributed by atoms with E-state index in [-0.39, 0.29) is 17.4 Å². The topological polar surface area (TPSA) is 81.9 Å². The van der Waals surface area contributed by atoms with E-state index in [4.69, 9.17) is 4.98 Å². The molecule has 0 bridgehead atoms. The van der Waals surface area contributed by atoms with E-state index < -0.39 is 0 Å². The molecule has 5 heteroatoms. The molecule has 0 radical (unpaired) electrons. The summed E-state index contributed by atoms with van der Waals surface area (Å²) in [5.41, 5.74) is 8.90. The van der Waals surface area contributed by atoms with Crippen LogP contribution >= 0.6 is 0 Å². The molecule has 9 rings (SSSR count). The van der Waals surface area contributed by atoms with Gasteiger partial charge < -0.3 is 0 Å². The Hall–Kier alpha value is -6.30. The second-order valence-electron chi connectivity index (χ2n) is 11.6. The highest BCUT2D eigenvalue weighted by molar-refractivity contribution is 6.21. The van der Waals surface area contributed by atoms with E-state index in [0.717, 1.165) is 55.1 Å². The van der Waals surface area contributed by atoms with Crippen LogP contribution in [0.4, 0.5) is 0 Å². The van der Waals surface area contributed by atoms with Crippen molar-refractivity contribution in [3.8, 4) is 23.3 Å². The molecule has 0 saturated heterocycles. The van der Waals surface area contributed by atoms with Gasteiger partial charge in [-0.15, -0.1) is 0 Å². The highest BCUT2D eigenvalue weighted by Gasteiger charge is 2.44. The Morgan fingerprint density at radius 2 is 1.22 bits per heavy atom. The maximum absolute atomic E-state index is 14.4. The summed E-state index contributed by atoms with van der Waals surface area (Å²) in [4.78, 5) is 19.7. The molecule has 0 N–H and O–H groups in total. The first-order chi connectivity index (χ1) is 22.2. The average Bonchev–Trinajstić information content (AvgIpc) is 3.46. The summed E-state index contributed by atoms with van der Waals surface area (Å²) in [5, 5.41) is 23.4. The fraction of sp³-hybridized carbons (Fsp3) is 0.0500. The molecule has 6 aromatic carbocycles. The first kappa shape index (κ1) is 25.2. The summed E-state index contributed by atoms with van der Waals surface area (Å²) >= 11 is 0. The third-order valence-corrected chi connectivity index (χ3v) is 9.46. The molecule has 0 amide bonds. The van der Waals surface area contributed by atoms with Gasteiger partial charge >= 0.3 is 0 Å². The Morgan fingerprint density at radius 3 is 1.87 bits per heavy atom. The normalized spacial score (nSPS) is 15.6. The third kappa shape index (κ3) is 3.35. The minimum Gasteiger partial charge on any atom is -0.268 e. The van der Waals surface area contributed by atoms with Crippen molar-refractivity contribution in [3.05, 3.63) is 165 Å². The van der Waals surface area contributed by atoms with Gasteiger partial charge in [0.25, 0.3) is 5.56 Å². The number of hydrogen-bond donors (Lipinski definition) is 0. The molecule has 0 aliphatic heterocycles. The van der Waals surface area contributed by atoms with Gasteiger partial charge in [0.2, 0.25) is 0 Å². The van der Waals surface area contributed by atoms with Gasteiger partial charge in [-0.25, -0.2) is 4.98 Å². The van der Waals surface area contributed by atoms with Crippen molar-refractivity contribution in [1.82, 2.24) is 9.38 Å². The predicted octanol–water partition coefficient (Wildman–Crippen LogP) is 8.28. The van der Waals surface area contributed by atoms with Crippen LogP contribution in [0.3, 0.4) is 0 Å². The number of hydrogen-bond acceptors (Lipinski definition) is 4. The van der Waals surface area contributed by atoms with Gasteiger partial charge in [0, 0.05) is 33.4 Å². The Balaban J connectivity index is 1.43. The SMILES string of the molecule is N#Cc1cc2c(nc3c4ccc(-c5ccccc5)c5c(C#N)ccc(c(=O)n23)c54)c2c1C(c1ccccc1)C2c1ccccc1. The lowest BCUT2D eigenvalue weighted by molar-refractivity contribution is 0.610. The fourth-order valence-electron chi connectivity index (χ4n) is 7.59. The first-order valence-corrected chi connectivity index (χ1v) is 14.9. The second kappa shape index (κ2) is 9.35. The molecule has 45 heavy (non-hydrogen) atoms. The van der Waals surface area contributed by atoms with Crippen molar-refractivity contribution in [1.29, 1.82) is 10.5 Å². The summed E-state index contributed by atoms with van der Waals surface area (Å²) in [6.07, 6.45) is 0. The Labute approximate surface area is 257 Å². The van der Waals surface area contributed by atoms with E-state index in [1.165, 1.54) is 0 Å². The molecule has 1 aliphatic rings. The van der Waals surface area contributed by atoms with Crippen molar-refractivity contribution < 1.29 is 0 Å². The van der Waals surface area contributed by atoms with E-state index in [0.29, 0.717) is 27.7 Å². The zero-order valence-electron chi connectivity index (χ0n) is 23.9. The highest BCUT2D eigenvalue weighted by Crippen LogP contribution is 2.57. The van der Waals surface area contributed by atoms with Crippen molar-refractivity contribution in [2.45, 2.75) is 11.8 Å². The Bertz CT molecular complexity index is 2630. The zero-order valence-corrected chi connectivity index (χ0v) is 23.9. The smallest absolute Gasteiger partial charge is 0.264 e. The minimum atomic E-state index is -0.210. The molecule has 2 heterocycles. The lowest BCUT2D eigenvalue weighted by atomic mass is 9.60. The van der Waals surface area contributed by atoms with E-state index in [1.54, 1.807) is 16.5 Å². The summed E-state index contributed by atoms with van der Waals surface area (Å²) in [6, 6.07) is 44.7. The van der Waals surface area contributed by atoms with Gasteiger partial charge in [-0.05, 0) is 57.6 Å². The molecule has 5 nitrogen and oxygen atoms in total. The van der Waals surface area contributed by atoms with Gasteiger partial charge in [0.1, 0.15) is 5.65 Å². The van der Waals surface area contributed by atoms with E-state index in [2.05, 4.69) is 36.4 Å². The summed E-state index contributed by atoms with van der Waals surface area (Å²) in [7, 11) is 0. The summed E-state index contributed by atoms with van der Waals surface area (Å²) < 4.78 is 1.67. The van der Waals surface area contributed by atoms with Crippen LogP contribution in [0.5, 0.6) is 0 Å². The van der Waals surface area contributed by atoms with Crippen molar-refractivity contribution in [2.75, 3.05) is 0 Å². The van der Waals surface area contributed by atoms with E-state index >= 15 is 0 Å². The molecule has 0 saturated carbocycles. The number of imidazole rings is 1. The lowest BCUT2D eigenvalue weighted by Gasteiger charge is -2.41. The second-order valence-corrected chi connectivity index (χ2v) is 11.6. The number of rotatable bonds is 3. The summed E-state index contributed by atoms with van der Waals surface area (Å²) in [5.74, 6) is -0.0381. The molecule has 8 aromatic rings. The van der Waals surface area contributed by atoms with Crippen LogP contribution in [0.15, 0.2) is 126 Å². The first-order valence-electron chi connectivity index (χ1n) is 14.9. The van der Waals surface area contributed by atoms with Crippen LogP contribution in [0.2, 0.25) is 0 Å². The number of pyridine rings is 1. The number of aromatic nitrogens is 2.